The molecule has 0 fully saturated rings. The minimum Gasteiger partial charge on any atom is -0.379 e. The number of hydrogen-bond donors (Lipinski definition) is 1. The van der Waals surface area contributed by atoms with Gasteiger partial charge in [-0.25, -0.2) is 4.57 Å². The zero-order valence-corrected chi connectivity index (χ0v) is 25.2. The third kappa shape index (κ3) is 26.8. The molecule has 1 N–H and O–H groups in total. The number of hydrogen-bond acceptors (Lipinski definition) is 5. The second kappa shape index (κ2) is 23.8. The Morgan fingerprint density at radius 3 is 1.81 bits per heavy atom. The minimum absolute atomic E-state index is 0.0388. The van der Waals surface area contributed by atoms with Crippen molar-refractivity contribution in [3.05, 3.63) is 12.2 Å². The van der Waals surface area contributed by atoms with E-state index in [1.807, 2.05) is 21.1 Å². The number of nitrogens with zero attached hydrogens (tertiary/aromatic N) is 1. The summed E-state index contributed by atoms with van der Waals surface area (Å²) in [7, 11) is 3.44. The Morgan fingerprint density at radius 2 is 1.28 bits per heavy atom. The van der Waals surface area contributed by atoms with E-state index in [9.17, 15) is 9.46 Å². The predicted molar refractivity (Wildman–Crippen MR) is 150 cm³/mol. The first-order valence-electron chi connectivity index (χ1n) is 14.4. The summed E-state index contributed by atoms with van der Waals surface area (Å²) in [6, 6.07) is 0. The number of quaternary nitrogens is 1. The summed E-state index contributed by atoms with van der Waals surface area (Å²) < 4.78 is 33.7. The van der Waals surface area contributed by atoms with Crippen LogP contribution in [0.5, 0.6) is 0 Å². The lowest BCUT2D eigenvalue weighted by atomic mass is 10.1. The van der Waals surface area contributed by atoms with Gasteiger partial charge in [0.1, 0.15) is 19.3 Å². The van der Waals surface area contributed by atoms with Crippen LogP contribution in [0.2, 0.25) is 0 Å². The standard InChI is InChI=1S/C28H58NO6P/c1-6-7-8-9-10-11-12-13-14-15-16-17-18-19-20-21-22-24-33-26-28(32-5)27-35-36(30,31)34-25-23-29(2,3)4/h13-14,28H,6-12,15-27H2,1-5H3/p+1/t28-/m1/s1. The Morgan fingerprint density at radius 1 is 0.750 bits per heavy atom. The first kappa shape index (κ1) is 35.7. The van der Waals surface area contributed by atoms with E-state index in [4.69, 9.17) is 18.5 Å². The maximum Gasteiger partial charge on any atom is 0.472 e. The molecule has 0 aromatic carbocycles. The maximum atomic E-state index is 12.0. The summed E-state index contributed by atoms with van der Waals surface area (Å²) in [5, 5.41) is 0. The fourth-order valence-electron chi connectivity index (χ4n) is 3.67. The summed E-state index contributed by atoms with van der Waals surface area (Å²) in [5.41, 5.74) is 0. The van der Waals surface area contributed by atoms with E-state index in [0.29, 0.717) is 24.2 Å². The van der Waals surface area contributed by atoms with Crippen molar-refractivity contribution in [3.8, 4) is 0 Å². The number of ether oxygens (including phenoxy) is 2. The third-order valence-electron chi connectivity index (χ3n) is 6.13. The normalized spacial score (nSPS) is 14.9. The van der Waals surface area contributed by atoms with Gasteiger partial charge in [-0.05, 0) is 32.1 Å². The Bertz CT molecular complexity index is 553. The quantitative estimate of drug-likeness (QED) is 0.0514. The molecule has 0 aromatic rings. The van der Waals surface area contributed by atoms with E-state index >= 15 is 0 Å². The summed E-state index contributed by atoms with van der Waals surface area (Å²) in [5.74, 6) is 0. The van der Waals surface area contributed by atoms with Crippen molar-refractivity contribution in [1.82, 2.24) is 0 Å². The van der Waals surface area contributed by atoms with Gasteiger partial charge in [0.25, 0.3) is 0 Å². The van der Waals surface area contributed by atoms with Gasteiger partial charge in [-0.2, -0.15) is 0 Å². The molecular formula is C28H59NO6P+. The molecule has 0 aliphatic heterocycles. The molecule has 0 bridgehead atoms. The first-order valence-corrected chi connectivity index (χ1v) is 15.9. The van der Waals surface area contributed by atoms with Gasteiger partial charge in [0.2, 0.25) is 0 Å². The van der Waals surface area contributed by atoms with E-state index in [1.165, 1.54) is 83.5 Å². The molecule has 2 atom stereocenters. The van der Waals surface area contributed by atoms with E-state index in [-0.39, 0.29) is 13.2 Å². The molecule has 0 saturated carbocycles. The Hall–Kier alpha value is -0.270. The Kier molecular flexibility index (Phi) is 23.6. The highest BCUT2D eigenvalue weighted by molar-refractivity contribution is 7.47. The van der Waals surface area contributed by atoms with Crippen LogP contribution < -0.4 is 0 Å². The molecule has 0 amide bonds. The largest absolute Gasteiger partial charge is 0.472 e. The topological polar surface area (TPSA) is 74.2 Å². The number of rotatable bonds is 27. The number of methoxy groups -OCH3 is 1. The lowest BCUT2D eigenvalue weighted by molar-refractivity contribution is -0.870. The third-order valence-corrected chi connectivity index (χ3v) is 7.11. The van der Waals surface area contributed by atoms with Crippen molar-refractivity contribution in [2.75, 3.05) is 61.2 Å². The molecular weight excluding hydrogens is 477 g/mol. The second-order valence-electron chi connectivity index (χ2n) is 10.8. The van der Waals surface area contributed by atoms with Crippen molar-refractivity contribution in [3.63, 3.8) is 0 Å². The minimum atomic E-state index is -4.07. The highest BCUT2D eigenvalue weighted by Crippen LogP contribution is 2.43. The van der Waals surface area contributed by atoms with E-state index in [1.54, 1.807) is 7.11 Å². The van der Waals surface area contributed by atoms with Gasteiger partial charge >= 0.3 is 7.82 Å². The number of unbranched alkanes of at least 4 members (excludes halogenated alkanes) is 13. The molecule has 216 valence electrons. The zero-order chi connectivity index (χ0) is 27.0. The summed E-state index contributed by atoms with van der Waals surface area (Å²) in [6.07, 6.45) is 23.7. The molecule has 36 heavy (non-hydrogen) atoms. The van der Waals surface area contributed by atoms with Crippen LogP contribution in [0.4, 0.5) is 0 Å². The van der Waals surface area contributed by atoms with Crippen LogP contribution in [-0.2, 0) is 23.1 Å². The van der Waals surface area contributed by atoms with Crippen LogP contribution in [0.25, 0.3) is 0 Å². The molecule has 0 aromatic heterocycles. The van der Waals surface area contributed by atoms with Gasteiger partial charge in [-0.15, -0.1) is 0 Å². The average molecular weight is 537 g/mol. The van der Waals surface area contributed by atoms with Crippen LogP contribution in [0.1, 0.15) is 103 Å². The Labute approximate surface area is 223 Å². The molecule has 0 aliphatic rings. The average Bonchev–Trinajstić information content (AvgIpc) is 2.81. The fourth-order valence-corrected chi connectivity index (χ4v) is 4.41. The van der Waals surface area contributed by atoms with Crippen LogP contribution in [0, 0.1) is 0 Å². The lowest BCUT2D eigenvalue weighted by Crippen LogP contribution is -2.37. The molecule has 1 unspecified atom stereocenters. The SMILES string of the molecule is CCCCCCCCC=CCCCCCCCCCOC[C@H](COP(=O)(O)OCC[N+](C)(C)C)OC. The number of likely N-dealkylation sites (N-methyl/N-ethyl adjacent to an activating group) is 1. The molecule has 8 heteroatoms. The number of allylic oxidation sites excluding steroid dienone is 2. The lowest BCUT2D eigenvalue weighted by Gasteiger charge is -2.24. The van der Waals surface area contributed by atoms with Crippen LogP contribution in [0.15, 0.2) is 12.2 Å². The first-order chi connectivity index (χ1) is 17.2. The monoisotopic (exact) mass is 536 g/mol. The van der Waals surface area contributed by atoms with Crippen molar-refractivity contribution in [1.29, 1.82) is 0 Å². The van der Waals surface area contributed by atoms with E-state index in [2.05, 4.69) is 19.1 Å². The highest BCUT2D eigenvalue weighted by atomic mass is 31.2. The van der Waals surface area contributed by atoms with Gasteiger partial charge in [-0.1, -0.05) is 83.3 Å². The number of phosphoric acid groups is 1. The van der Waals surface area contributed by atoms with Gasteiger partial charge in [0.05, 0.1) is 34.4 Å². The van der Waals surface area contributed by atoms with Crippen LogP contribution in [-0.4, -0.2) is 76.7 Å². The van der Waals surface area contributed by atoms with Crippen molar-refractivity contribution in [2.45, 2.75) is 109 Å². The van der Waals surface area contributed by atoms with Gasteiger partial charge in [-0.3, -0.25) is 9.05 Å². The summed E-state index contributed by atoms with van der Waals surface area (Å²) >= 11 is 0. The highest BCUT2D eigenvalue weighted by Gasteiger charge is 2.24. The molecule has 0 spiro atoms. The zero-order valence-electron chi connectivity index (χ0n) is 24.3. The molecule has 7 nitrogen and oxygen atoms in total. The van der Waals surface area contributed by atoms with Gasteiger partial charge in [0.15, 0.2) is 0 Å². The van der Waals surface area contributed by atoms with Gasteiger partial charge < -0.3 is 18.9 Å². The second-order valence-corrected chi connectivity index (χ2v) is 12.3. The molecule has 0 rings (SSSR count). The molecule has 0 aliphatic carbocycles. The Balaban J connectivity index is 3.52. The van der Waals surface area contributed by atoms with E-state index < -0.39 is 13.9 Å². The number of phosphoric ester groups is 1. The summed E-state index contributed by atoms with van der Waals surface area (Å²) in [4.78, 5) is 9.79. The van der Waals surface area contributed by atoms with Crippen LogP contribution in [0.3, 0.4) is 0 Å². The smallest absolute Gasteiger partial charge is 0.379 e. The van der Waals surface area contributed by atoms with Crippen molar-refractivity contribution < 1.29 is 32.5 Å². The molecule has 0 heterocycles. The van der Waals surface area contributed by atoms with E-state index in [0.717, 1.165) is 12.8 Å². The van der Waals surface area contributed by atoms with Gasteiger partial charge in [0, 0.05) is 13.7 Å². The van der Waals surface area contributed by atoms with Crippen molar-refractivity contribution in [2.24, 2.45) is 0 Å². The van der Waals surface area contributed by atoms with Crippen molar-refractivity contribution >= 4 is 7.82 Å². The maximum absolute atomic E-state index is 12.0. The van der Waals surface area contributed by atoms with Crippen LogP contribution >= 0.6 is 7.82 Å². The molecule has 0 radical (unpaired) electrons. The fraction of sp³-hybridized carbons (Fsp3) is 0.929. The summed E-state index contributed by atoms with van der Waals surface area (Å²) in [6.45, 7) is 4.00. The molecule has 0 saturated heterocycles. The predicted octanol–water partition coefficient (Wildman–Crippen LogP) is 7.29.